The van der Waals surface area contributed by atoms with Crippen LogP contribution in [-0.4, -0.2) is 0 Å². The Balaban J connectivity index is 2.17. The van der Waals surface area contributed by atoms with Crippen LogP contribution >= 0.6 is 0 Å². The van der Waals surface area contributed by atoms with Crippen LogP contribution in [0.4, 0.5) is 0 Å². The summed E-state index contributed by atoms with van der Waals surface area (Å²) in [4.78, 5) is 0. The van der Waals surface area contributed by atoms with Crippen LogP contribution < -0.4 is 0 Å². The van der Waals surface area contributed by atoms with Gasteiger partial charge in [0.1, 0.15) is 0 Å². The lowest BCUT2D eigenvalue weighted by atomic mass is 10.5. The van der Waals surface area contributed by atoms with Gasteiger partial charge in [0.15, 0.2) is 0 Å². The molecule has 0 heteroatoms. The molecule has 1 aliphatic carbocycles. The van der Waals surface area contributed by atoms with E-state index in [4.69, 9.17) is 0 Å². The molecule has 0 nitrogen and oxygen atoms in total. The van der Waals surface area contributed by atoms with Gasteiger partial charge < -0.3 is 0 Å². The van der Waals surface area contributed by atoms with Crippen LogP contribution in [0.25, 0.3) is 0 Å². The summed E-state index contributed by atoms with van der Waals surface area (Å²) in [6.45, 7) is 2.22. The zero-order chi connectivity index (χ0) is 2.99. The normalized spacial score (nSPS) is 26.2. The van der Waals surface area contributed by atoms with E-state index in [-0.39, 0.29) is 0 Å². The van der Waals surface area contributed by atoms with Gasteiger partial charge in [0.25, 0.3) is 0 Å². The smallest absolute Gasteiger partial charge is 0.0355 e. The van der Waals surface area contributed by atoms with Gasteiger partial charge in [-0.15, -0.1) is 0 Å². The molecule has 4 heavy (non-hydrogen) atoms. The fourth-order valence-corrected chi connectivity index (χ4v) is 0.136. The second-order valence-corrected chi connectivity index (χ2v) is 1.45. The lowest BCUT2D eigenvalue weighted by Gasteiger charge is -1.53. The van der Waals surface area contributed by atoms with Crippen molar-refractivity contribution in [2.45, 2.75) is 13.3 Å². The predicted molar refractivity (Wildman–Crippen MR) is 18.1 cm³/mol. The van der Waals surface area contributed by atoms with Crippen molar-refractivity contribution in [1.82, 2.24) is 0 Å². The van der Waals surface area contributed by atoms with Gasteiger partial charge in [0.05, 0.1) is 0 Å². The maximum Gasteiger partial charge on any atom is -0.0355 e. The van der Waals surface area contributed by atoms with Crippen molar-refractivity contribution in [3.8, 4) is 0 Å². The zero-order valence-electron chi connectivity index (χ0n) is 2.86. The highest BCUT2D eigenvalue weighted by Crippen LogP contribution is 2.24. The lowest BCUT2D eigenvalue weighted by molar-refractivity contribution is 1.02. The van der Waals surface area contributed by atoms with Crippen LogP contribution in [0.1, 0.15) is 13.3 Å². The third-order valence-electron chi connectivity index (χ3n) is 0.707. The molecule has 1 aliphatic rings. The van der Waals surface area contributed by atoms with Crippen molar-refractivity contribution in [2.24, 2.45) is 5.92 Å². The fourth-order valence-electron chi connectivity index (χ4n) is 0.136. The lowest BCUT2D eigenvalue weighted by Crippen LogP contribution is -1.42. The molecule has 1 radical (unpaired) electrons. The highest BCUT2D eigenvalue weighted by atomic mass is 14.2. The van der Waals surface area contributed by atoms with Gasteiger partial charge in [-0.2, -0.15) is 0 Å². The van der Waals surface area contributed by atoms with E-state index in [1.54, 1.807) is 0 Å². The third-order valence-corrected chi connectivity index (χ3v) is 0.707. The molecule has 0 aromatic carbocycles. The van der Waals surface area contributed by atoms with Crippen molar-refractivity contribution < 1.29 is 0 Å². The molecule has 0 unspecified atom stereocenters. The molecule has 0 aromatic rings. The van der Waals surface area contributed by atoms with Crippen LogP contribution in [-0.2, 0) is 0 Å². The standard InChI is InChI=1S/C4H7/c1-4-2-3-4/h2,4H,3H2,1H3/t4-/m0/s1. The number of hydrogen-bond acceptors (Lipinski definition) is 0. The molecule has 0 spiro atoms. The Morgan fingerprint density at radius 1 is 2.00 bits per heavy atom. The van der Waals surface area contributed by atoms with Gasteiger partial charge in [-0.1, -0.05) is 6.92 Å². The van der Waals surface area contributed by atoms with Crippen molar-refractivity contribution in [3.63, 3.8) is 0 Å². The molecular weight excluding hydrogens is 48.0 g/mol. The van der Waals surface area contributed by atoms with Crippen molar-refractivity contribution in [3.05, 3.63) is 6.42 Å². The Labute approximate surface area is 26.8 Å². The van der Waals surface area contributed by atoms with E-state index in [2.05, 4.69) is 13.3 Å². The first-order valence-corrected chi connectivity index (χ1v) is 1.73. The zero-order valence-corrected chi connectivity index (χ0v) is 2.86. The Hall–Kier alpha value is 0. The molecule has 0 N–H and O–H groups in total. The Kier molecular flexibility index (Phi) is 0.270. The largest absolute Gasteiger partial charge is 0.0622 e. The van der Waals surface area contributed by atoms with E-state index in [1.807, 2.05) is 0 Å². The minimum absolute atomic E-state index is 0.958. The van der Waals surface area contributed by atoms with E-state index >= 15 is 0 Å². The van der Waals surface area contributed by atoms with Crippen molar-refractivity contribution in [1.29, 1.82) is 0 Å². The summed E-state index contributed by atoms with van der Waals surface area (Å²) in [5, 5.41) is 0. The van der Waals surface area contributed by atoms with E-state index in [1.165, 1.54) is 6.42 Å². The van der Waals surface area contributed by atoms with Crippen LogP contribution in [0.5, 0.6) is 0 Å². The summed E-state index contributed by atoms with van der Waals surface area (Å²) < 4.78 is 0. The molecule has 23 valence electrons. The van der Waals surface area contributed by atoms with E-state index in [0.29, 0.717) is 0 Å². The molecule has 0 bridgehead atoms. The molecule has 0 aromatic heterocycles. The predicted octanol–water partition coefficient (Wildman–Crippen LogP) is 1.23. The summed E-state index contributed by atoms with van der Waals surface area (Å²) in [5.74, 6) is 0.958. The maximum absolute atomic E-state index is 2.29. The van der Waals surface area contributed by atoms with Gasteiger partial charge >= 0.3 is 0 Å². The summed E-state index contributed by atoms with van der Waals surface area (Å²) in [5.41, 5.74) is 0. The summed E-state index contributed by atoms with van der Waals surface area (Å²) >= 11 is 0. The third kappa shape index (κ3) is 0.222. The van der Waals surface area contributed by atoms with Gasteiger partial charge in [0, 0.05) is 0 Å². The van der Waals surface area contributed by atoms with Crippen LogP contribution in [0.15, 0.2) is 0 Å². The Bertz CT molecular complexity index is 19.2. The molecule has 0 amide bonds. The quantitative estimate of drug-likeness (QED) is 0.391. The minimum atomic E-state index is 0.958. The number of hydrogen-bond donors (Lipinski definition) is 0. The molecule has 0 aliphatic heterocycles. The second kappa shape index (κ2) is 0.480. The molecule has 1 saturated carbocycles. The topological polar surface area (TPSA) is 0 Å². The highest BCUT2D eigenvalue weighted by Gasteiger charge is 2.13. The molecular formula is C4H7. The highest BCUT2D eigenvalue weighted by molar-refractivity contribution is 4.90. The average Bonchev–Trinajstić information content (AvgIpc) is 1.75. The monoisotopic (exact) mass is 55.1 g/mol. The van der Waals surface area contributed by atoms with E-state index in [9.17, 15) is 0 Å². The van der Waals surface area contributed by atoms with E-state index < -0.39 is 0 Å². The van der Waals surface area contributed by atoms with Crippen molar-refractivity contribution >= 4 is 0 Å². The van der Waals surface area contributed by atoms with Crippen molar-refractivity contribution in [2.75, 3.05) is 0 Å². The van der Waals surface area contributed by atoms with Crippen LogP contribution in [0.2, 0.25) is 0 Å². The maximum atomic E-state index is 2.29. The minimum Gasteiger partial charge on any atom is -0.0622 e. The first kappa shape index (κ1) is 2.25. The molecule has 1 rings (SSSR count). The first-order valence-electron chi connectivity index (χ1n) is 1.73. The Morgan fingerprint density at radius 2 is 2.25 bits per heavy atom. The van der Waals surface area contributed by atoms with Gasteiger partial charge in [0.2, 0.25) is 0 Å². The summed E-state index contributed by atoms with van der Waals surface area (Å²) in [6.07, 6.45) is 3.65. The first-order chi connectivity index (χ1) is 1.89. The van der Waals surface area contributed by atoms with Gasteiger partial charge in [-0.05, 0) is 18.8 Å². The summed E-state index contributed by atoms with van der Waals surface area (Å²) in [6, 6.07) is 0. The Morgan fingerprint density at radius 3 is 2.25 bits per heavy atom. The molecule has 1 atom stereocenters. The van der Waals surface area contributed by atoms with Gasteiger partial charge in [-0.3, -0.25) is 0 Å². The fraction of sp³-hybridized carbons (Fsp3) is 0.750. The molecule has 0 saturated heterocycles. The molecule has 1 fully saturated rings. The molecule has 0 heterocycles. The number of rotatable bonds is 0. The van der Waals surface area contributed by atoms with Crippen LogP contribution in [0, 0.1) is 12.3 Å². The SMILES string of the molecule is C[C@H]1[CH]C1. The van der Waals surface area contributed by atoms with E-state index in [0.717, 1.165) is 5.92 Å². The second-order valence-electron chi connectivity index (χ2n) is 1.45. The summed E-state index contributed by atoms with van der Waals surface area (Å²) in [7, 11) is 0. The van der Waals surface area contributed by atoms with Gasteiger partial charge in [-0.25, -0.2) is 0 Å². The van der Waals surface area contributed by atoms with Crippen LogP contribution in [0.3, 0.4) is 0 Å². The average molecular weight is 55.1 g/mol.